The van der Waals surface area contributed by atoms with Crippen molar-refractivity contribution in [2.45, 2.75) is 309 Å². The summed E-state index contributed by atoms with van der Waals surface area (Å²) in [6.45, 7) is 7.01. The molecule has 0 saturated heterocycles. The van der Waals surface area contributed by atoms with Crippen LogP contribution >= 0.6 is 7.82 Å². The monoisotopic (exact) mass is 1040 g/mol. The van der Waals surface area contributed by atoms with Gasteiger partial charge < -0.3 is 19.4 Å². The first-order valence-electron chi connectivity index (χ1n) is 30.8. The van der Waals surface area contributed by atoms with Gasteiger partial charge in [-0.25, -0.2) is 4.57 Å². The van der Waals surface area contributed by atoms with Crippen LogP contribution in [-0.4, -0.2) is 74.3 Å². The van der Waals surface area contributed by atoms with Crippen LogP contribution in [0.3, 0.4) is 0 Å². The maximum absolute atomic E-state index is 13.5. The van der Waals surface area contributed by atoms with Crippen molar-refractivity contribution < 1.29 is 37.3 Å². The number of carbonyl (C=O) groups excluding carboxylic acids is 2. The minimum atomic E-state index is -4.45. The summed E-state index contributed by atoms with van der Waals surface area (Å²) >= 11 is 0. The van der Waals surface area contributed by atoms with Crippen LogP contribution in [-0.2, 0) is 27.9 Å². The molecule has 0 heterocycles. The number of ether oxygens (including phenoxy) is 1. The summed E-state index contributed by atoms with van der Waals surface area (Å²) < 4.78 is 30.6. The fourth-order valence-electron chi connectivity index (χ4n) is 8.99. The van der Waals surface area contributed by atoms with Crippen LogP contribution in [0.4, 0.5) is 0 Å². The molecule has 10 heteroatoms. The number of likely N-dealkylation sites (N-methyl/N-ethyl adjacent to an activating group) is 1. The SMILES string of the molecule is CCCCCCCC/C=C/CCCCCCCCCCCCCC(=O)OC(/C=C\CCCCCCCCCCC)C(COP(=O)(O)OCC[N+](C)(C)C)NC(=O)CCCCC/C=C\CCCCCCCCC. The standard InChI is InChI=1S/C62H119N2O7P/c1-7-10-13-16-19-22-25-27-29-30-31-32-33-34-35-37-40-43-46-49-52-55-62(66)71-60(53-50-47-44-41-38-24-21-18-15-12-9-3)59(58-70-72(67,68)69-57-56-64(4,5)6)63-61(65)54-51-48-45-42-39-36-28-26-23-20-17-14-11-8-2/h27,29,36,39,50,53,59-60H,7-26,28,30-35,37-38,40-49,51-52,54-58H2,1-6H3,(H-,63,65,67,68)/p+1/b29-27+,39-36-,53-50-. The molecule has 0 aliphatic heterocycles. The Morgan fingerprint density at radius 2 is 0.806 bits per heavy atom. The van der Waals surface area contributed by atoms with Gasteiger partial charge in [0.2, 0.25) is 5.91 Å². The van der Waals surface area contributed by atoms with Crippen molar-refractivity contribution in [1.82, 2.24) is 5.32 Å². The lowest BCUT2D eigenvalue weighted by Crippen LogP contribution is -2.47. The Hall–Kier alpha value is -1.77. The number of carbonyl (C=O) groups is 2. The first kappa shape index (κ1) is 70.2. The van der Waals surface area contributed by atoms with E-state index in [9.17, 15) is 19.0 Å². The Bertz CT molecular complexity index is 1330. The van der Waals surface area contributed by atoms with Gasteiger partial charge >= 0.3 is 13.8 Å². The second-order valence-corrected chi connectivity index (χ2v) is 23.7. The Morgan fingerprint density at radius 1 is 0.472 bits per heavy atom. The number of hydrogen-bond acceptors (Lipinski definition) is 6. The van der Waals surface area contributed by atoms with E-state index in [1.807, 2.05) is 33.3 Å². The Kier molecular flexibility index (Phi) is 51.4. The number of amides is 1. The molecule has 0 spiro atoms. The number of phosphoric ester groups is 1. The molecule has 0 fully saturated rings. The molecular weight excluding hydrogens is 916 g/mol. The molecule has 3 atom stereocenters. The predicted octanol–water partition coefficient (Wildman–Crippen LogP) is 18.7. The van der Waals surface area contributed by atoms with Crippen molar-refractivity contribution >= 4 is 19.7 Å². The first-order valence-corrected chi connectivity index (χ1v) is 32.3. The van der Waals surface area contributed by atoms with Crippen molar-refractivity contribution in [3.63, 3.8) is 0 Å². The normalized spacial score (nSPS) is 13.9. The molecule has 0 aliphatic rings. The van der Waals surface area contributed by atoms with Crippen molar-refractivity contribution in [3.05, 3.63) is 36.5 Å². The molecule has 0 aromatic rings. The third kappa shape index (κ3) is 53.1. The molecule has 0 aromatic heterocycles. The lowest BCUT2D eigenvalue weighted by molar-refractivity contribution is -0.870. The summed E-state index contributed by atoms with van der Waals surface area (Å²) in [7, 11) is 1.49. The van der Waals surface area contributed by atoms with E-state index in [2.05, 4.69) is 50.4 Å². The van der Waals surface area contributed by atoms with Crippen molar-refractivity contribution in [2.24, 2.45) is 0 Å². The zero-order valence-corrected chi connectivity index (χ0v) is 49.3. The lowest BCUT2D eigenvalue weighted by Gasteiger charge is -2.27. The van der Waals surface area contributed by atoms with Crippen LogP contribution in [0.15, 0.2) is 36.5 Å². The largest absolute Gasteiger partial charge is 0.472 e. The summed E-state index contributed by atoms with van der Waals surface area (Å²) in [5, 5.41) is 3.04. The molecule has 0 saturated carbocycles. The van der Waals surface area contributed by atoms with Gasteiger partial charge in [0.15, 0.2) is 0 Å². The average molecular weight is 1040 g/mol. The molecule has 0 aliphatic carbocycles. The quantitative estimate of drug-likeness (QED) is 0.0205. The number of quaternary nitrogens is 1. The van der Waals surface area contributed by atoms with Gasteiger partial charge in [0, 0.05) is 12.8 Å². The molecule has 0 rings (SSSR count). The van der Waals surface area contributed by atoms with E-state index in [1.54, 1.807) is 0 Å². The van der Waals surface area contributed by atoms with E-state index in [0.717, 1.165) is 70.6 Å². The molecule has 9 nitrogen and oxygen atoms in total. The molecule has 2 N–H and O–H groups in total. The highest BCUT2D eigenvalue weighted by Crippen LogP contribution is 2.43. The van der Waals surface area contributed by atoms with E-state index in [-0.39, 0.29) is 25.1 Å². The van der Waals surface area contributed by atoms with Crippen LogP contribution in [0.2, 0.25) is 0 Å². The highest BCUT2D eigenvalue weighted by molar-refractivity contribution is 7.47. The minimum Gasteiger partial charge on any atom is -0.456 e. The number of nitrogens with zero attached hydrogens (tertiary/aromatic N) is 1. The average Bonchev–Trinajstić information content (AvgIpc) is 3.34. The number of hydrogen-bond donors (Lipinski definition) is 2. The number of phosphoric acid groups is 1. The van der Waals surface area contributed by atoms with E-state index in [1.165, 1.54) is 193 Å². The second kappa shape index (κ2) is 52.7. The fourth-order valence-corrected chi connectivity index (χ4v) is 9.72. The first-order chi connectivity index (χ1) is 34.9. The number of esters is 1. The third-order valence-corrected chi connectivity index (χ3v) is 14.8. The second-order valence-electron chi connectivity index (χ2n) is 22.2. The van der Waals surface area contributed by atoms with Gasteiger partial charge in [-0.2, -0.15) is 0 Å². The van der Waals surface area contributed by atoms with Crippen molar-refractivity contribution in [3.8, 4) is 0 Å². The van der Waals surface area contributed by atoms with Gasteiger partial charge in [-0.3, -0.25) is 18.6 Å². The Labute approximate surface area is 446 Å². The van der Waals surface area contributed by atoms with Crippen LogP contribution < -0.4 is 5.32 Å². The van der Waals surface area contributed by atoms with E-state index in [4.69, 9.17) is 13.8 Å². The van der Waals surface area contributed by atoms with Crippen LogP contribution in [0.5, 0.6) is 0 Å². The van der Waals surface area contributed by atoms with Gasteiger partial charge in [0.25, 0.3) is 0 Å². The molecule has 3 unspecified atom stereocenters. The van der Waals surface area contributed by atoms with Crippen LogP contribution in [0, 0.1) is 0 Å². The molecular formula is C62H120N2O7P+. The van der Waals surface area contributed by atoms with Gasteiger partial charge in [0.1, 0.15) is 19.3 Å². The van der Waals surface area contributed by atoms with Gasteiger partial charge in [-0.15, -0.1) is 0 Å². The number of unbranched alkanes of at least 4 members (excludes halogenated alkanes) is 36. The molecule has 424 valence electrons. The molecule has 72 heavy (non-hydrogen) atoms. The lowest BCUT2D eigenvalue weighted by atomic mass is 10.0. The van der Waals surface area contributed by atoms with E-state index in [0.29, 0.717) is 23.9 Å². The zero-order chi connectivity index (χ0) is 52.9. The molecule has 0 bridgehead atoms. The summed E-state index contributed by atoms with van der Waals surface area (Å²) in [6, 6.07) is -0.852. The van der Waals surface area contributed by atoms with Gasteiger partial charge in [-0.1, -0.05) is 237 Å². The Balaban J connectivity index is 5.18. The maximum Gasteiger partial charge on any atom is 0.472 e. The predicted molar refractivity (Wildman–Crippen MR) is 309 cm³/mol. The fraction of sp³-hybridized carbons (Fsp3) is 0.871. The van der Waals surface area contributed by atoms with Crippen molar-refractivity contribution in [2.75, 3.05) is 40.9 Å². The molecule has 1 amide bonds. The Morgan fingerprint density at radius 3 is 1.19 bits per heavy atom. The van der Waals surface area contributed by atoms with Gasteiger partial charge in [0.05, 0.1) is 33.8 Å². The minimum absolute atomic E-state index is 0.0390. The topological polar surface area (TPSA) is 111 Å². The van der Waals surface area contributed by atoms with Crippen LogP contribution in [0.25, 0.3) is 0 Å². The summed E-state index contributed by atoms with van der Waals surface area (Å²) in [6.07, 6.45) is 62.9. The summed E-state index contributed by atoms with van der Waals surface area (Å²) in [4.78, 5) is 37.6. The molecule has 0 aromatic carbocycles. The number of nitrogens with one attached hydrogen (secondary N) is 1. The summed E-state index contributed by atoms with van der Waals surface area (Å²) in [5.74, 6) is -0.515. The third-order valence-electron chi connectivity index (χ3n) is 13.8. The zero-order valence-electron chi connectivity index (χ0n) is 48.4. The summed E-state index contributed by atoms with van der Waals surface area (Å²) in [5.41, 5.74) is 0. The number of allylic oxidation sites excluding steroid dienone is 5. The highest BCUT2D eigenvalue weighted by Gasteiger charge is 2.30. The van der Waals surface area contributed by atoms with E-state index < -0.39 is 20.0 Å². The van der Waals surface area contributed by atoms with Gasteiger partial charge in [-0.05, 0) is 83.1 Å². The maximum atomic E-state index is 13.5. The van der Waals surface area contributed by atoms with Crippen LogP contribution in [0.1, 0.15) is 297 Å². The number of rotatable bonds is 56. The highest BCUT2D eigenvalue weighted by atomic mass is 31.2. The van der Waals surface area contributed by atoms with E-state index >= 15 is 0 Å². The van der Waals surface area contributed by atoms with Crippen molar-refractivity contribution in [1.29, 1.82) is 0 Å². The molecule has 0 radical (unpaired) electrons. The smallest absolute Gasteiger partial charge is 0.456 e.